The Morgan fingerprint density at radius 1 is 1.06 bits per heavy atom. The van der Waals surface area contributed by atoms with Crippen LogP contribution in [0.15, 0.2) is 78.0 Å². The van der Waals surface area contributed by atoms with Gasteiger partial charge in [0.15, 0.2) is 11.0 Å². The largest absolute Gasteiger partial charge is 0.497 e. The maximum Gasteiger partial charge on any atom is 0.319 e. The molecule has 1 heterocycles. The Kier molecular flexibility index (Phi) is 7.72. The Morgan fingerprint density at radius 3 is 2.56 bits per heavy atom. The van der Waals surface area contributed by atoms with Crippen molar-refractivity contribution in [3.63, 3.8) is 0 Å². The fourth-order valence-corrected chi connectivity index (χ4v) is 4.39. The number of anilines is 1. The first-order valence-electron chi connectivity index (χ1n) is 10.6. The van der Waals surface area contributed by atoms with E-state index in [-0.39, 0.29) is 12.6 Å². The third-order valence-electron chi connectivity index (χ3n) is 5.08. The second kappa shape index (κ2) is 11.1. The third-order valence-corrected chi connectivity index (χ3v) is 6.31. The van der Waals surface area contributed by atoms with Crippen molar-refractivity contribution in [3.05, 3.63) is 94.8 Å². The van der Waals surface area contributed by atoms with Crippen molar-refractivity contribution in [1.29, 1.82) is 0 Å². The van der Waals surface area contributed by atoms with Gasteiger partial charge in [0.25, 0.3) is 0 Å². The molecule has 0 bridgehead atoms. The topological polar surface area (TPSA) is 81.1 Å². The molecule has 0 saturated heterocycles. The van der Waals surface area contributed by atoms with Crippen molar-refractivity contribution >= 4 is 35.1 Å². The van der Waals surface area contributed by atoms with Crippen LogP contribution in [0.5, 0.6) is 5.75 Å². The summed E-state index contributed by atoms with van der Waals surface area (Å²) in [5.41, 5.74) is 3.74. The molecule has 3 aromatic carbocycles. The van der Waals surface area contributed by atoms with Gasteiger partial charge in [0.05, 0.1) is 19.3 Å². The van der Waals surface area contributed by atoms with E-state index in [4.69, 9.17) is 16.3 Å². The van der Waals surface area contributed by atoms with Crippen LogP contribution in [0.4, 0.5) is 10.5 Å². The number of aromatic nitrogens is 3. The quantitative estimate of drug-likeness (QED) is 0.301. The van der Waals surface area contributed by atoms with E-state index in [0.29, 0.717) is 16.5 Å². The van der Waals surface area contributed by atoms with Gasteiger partial charge in [0.1, 0.15) is 5.75 Å². The summed E-state index contributed by atoms with van der Waals surface area (Å²) >= 11 is 7.88. The molecular weight excluding hydrogens is 470 g/mol. The Bertz CT molecular complexity index is 1260. The van der Waals surface area contributed by atoms with Gasteiger partial charge < -0.3 is 15.4 Å². The summed E-state index contributed by atoms with van der Waals surface area (Å²) in [7, 11) is 1.60. The smallest absolute Gasteiger partial charge is 0.319 e. The van der Waals surface area contributed by atoms with Crippen LogP contribution in [-0.2, 0) is 12.3 Å². The van der Waals surface area contributed by atoms with Crippen LogP contribution in [0, 0.1) is 6.92 Å². The van der Waals surface area contributed by atoms with E-state index in [9.17, 15) is 4.79 Å². The van der Waals surface area contributed by atoms with Crippen LogP contribution >= 0.6 is 23.4 Å². The molecule has 4 rings (SSSR count). The number of methoxy groups -OCH3 is 1. The Hall–Kier alpha value is -3.49. The summed E-state index contributed by atoms with van der Waals surface area (Å²) in [6.07, 6.45) is 0. The van der Waals surface area contributed by atoms with Crippen LogP contribution in [0.25, 0.3) is 5.69 Å². The number of carbonyl (C=O) groups is 1. The molecule has 0 radical (unpaired) electrons. The Labute approximate surface area is 207 Å². The molecule has 2 amide bonds. The zero-order valence-electron chi connectivity index (χ0n) is 18.8. The highest BCUT2D eigenvalue weighted by Crippen LogP contribution is 2.28. The summed E-state index contributed by atoms with van der Waals surface area (Å²) in [6, 6.07) is 22.6. The van der Waals surface area contributed by atoms with Crippen molar-refractivity contribution in [2.75, 3.05) is 12.4 Å². The maximum absolute atomic E-state index is 12.5. The molecule has 1 aromatic heterocycles. The molecule has 4 aromatic rings. The number of thioether (sulfide) groups is 1. The molecule has 2 N–H and O–H groups in total. The SMILES string of the molecule is COc1ccc(NC(=O)NCc2nnc(SCc3ccccc3)n2-c2cc(Cl)ccc2C)cc1. The molecule has 0 aliphatic heterocycles. The van der Waals surface area contributed by atoms with Crippen LogP contribution in [-0.4, -0.2) is 27.9 Å². The molecule has 0 fully saturated rings. The number of carbonyl (C=O) groups excluding carboxylic acids is 1. The maximum atomic E-state index is 12.5. The van der Waals surface area contributed by atoms with Crippen molar-refractivity contribution < 1.29 is 9.53 Å². The molecule has 0 saturated carbocycles. The molecule has 0 aliphatic carbocycles. The van der Waals surface area contributed by atoms with Gasteiger partial charge >= 0.3 is 6.03 Å². The number of rotatable bonds is 8. The Morgan fingerprint density at radius 2 is 1.82 bits per heavy atom. The van der Waals surface area contributed by atoms with Gasteiger partial charge in [-0.1, -0.05) is 59.8 Å². The first-order valence-corrected chi connectivity index (χ1v) is 12.0. The number of ether oxygens (including phenoxy) is 1. The van der Waals surface area contributed by atoms with Gasteiger partial charge in [-0.15, -0.1) is 10.2 Å². The molecule has 34 heavy (non-hydrogen) atoms. The van der Waals surface area contributed by atoms with E-state index < -0.39 is 0 Å². The van der Waals surface area contributed by atoms with Gasteiger partial charge in [-0.2, -0.15) is 0 Å². The minimum Gasteiger partial charge on any atom is -0.497 e. The van der Waals surface area contributed by atoms with Crippen LogP contribution in [0.3, 0.4) is 0 Å². The van der Waals surface area contributed by atoms with Crippen LogP contribution in [0.1, 0.15) is 17.0 Å². The number of hydrogen-bond acceptors (Lipinski definition) is 5. The van der Waals surface area contributed by atoms with Crippen LogP contribution < -0.4 is 15.4 Å². The minimum atomic E-state index is -0.346. The predicted octanol–water partition coefficient (Wildman–Crippen LogP) is 5.85. The average Bonchev–Trinajstić information content (AvgIpc) is 3.26. The molecule has 9 heteroatoms. The fourth-order valence-electron chi connectivity index (χ4n) is 3.30. The molecule has 174 valence electrons. The highest BCUT2D eigenvalue weighted by molar-refractivity contribution is 7.98. The monoisotopic (exact) mass is 493 g/mol. The Balaban J connectivity index is 1.53. The lowest BCUT2D eigenvalue weighted by molar-refractivity contribution is 0.251. The number of hydrogen-bond donors (Lipinski definition) is 2. The minimum absolute atomic E-state index is 0.187. The van der Waals surface area contributed by atoms with E-state index in [1.165, 1.54) is 5.56 Å². The lowest BCUT2D eigenvalue weighted by atomic mass is 10.2. The zero-order chi connectivity index (χ0) is 23.9. The normalized spacial score (nSPS) is 10.7. The first kappa shape index (κ1) is 23.7. The van der Waals surface area contributed by atoms with Crippen molar-refractivity contribution in [2.45, 2.75) is 24.4 Å². The number of nitrogens with one attached hydrogen (secondary N) is 2. The van der Waals surface area contributed by atoms with E-state index in [1.54, 1.807) is 43.1 Å². The van der Waals surface area contributed by atoms with Crippen molar-refractivity contribution in [2.24, 2.45) is 0 Å². The van der Waals surface area contributed by atoms with E-state index in [2.05, 4.69) is 33.0 Å². The van der Waals surface area contributed by atoms with E-state index in [0.717, 1.165) is 27.9 Å². The number of aryl methyl sites for hydroxylation is 1. The van der Waals surface area contributed by atoms with E-state index >= 15 is 0 Å². The number of halogens is 1. The fraction of sp³-hybridized carbons (Fsp3) is 0.160. The predicted molar refractivity (Wildman–Crippen MR) is 136 cm³/mol. The van der Waals surface area contributed by atoms with Gasteiger partial charge in [-0.3, -0.25) is 4.57 Å². The standard InChI is InChI=1S/C25H24ClN5O2S/c1-17-8-9-19(26)14-22(17)31-23(29-30-25(31)34-16-18-6-4-3-5-7-18)15-27-24(32)28-20-10-12-21(33-2)13-11-20/h3-14H,15-16H2,1-2H3,(H2,27,28,32). The second-order valence-electron chi connectivity index (χ2n) is 7.48. The summed E-state index contributed by atoms with van der Waals surface area (Å²) in [4.78, 5) is 12.5. The summed E-state index contributed by atoms with van der Waals surface area (Å²) in [5, 5.41) is 15.8. The van der Waals surface area contributed by atoms with Crippen molar-refractivity contribution in [3.8, 4) is 11.4 Å². The van der Waals surface area contributed by atoms with Crippen LogP contribution in [0.2, 0.25) is 5.02 Å². The summed E-state index contributed by atoms with van der Waals surface area (Å²) in [5.74, 6) is 2.06. The van der Waals surface area contributed by atoms with Gasteiger partial charge in [0, 0.05) is 16.5 Å². The molecule has 0 spiro atoms. The number of amides is 2. The summed E-state index contributed by atoms with van der Waals surface area (Å²) < 4.78 is 7.09. The lowest BCUT2D eigenvalue weighted by Crippen LogP contribution is -2.29. The number of nitrogens with zero attached hydrogens (tertiary/aromatic N) is 3. The highest BCUT2D eigenvalue weighted by atomic mass is 35.5. The second-order valence-corrected chi connectivity index (χ2v) is 8.85. The van der Waals surface area contributed by atoms with E-state index in [1.807, 2.05) is 47.9 Å². The van der Waals surface area contributed by atoms with Gasteiger partial charge in [-0.05, 0) is 54.4 Å². The first-order chi connectivity index (χ1) is 16.5. The average molecular weight is 494 g/mol. The third kappa shape index (κ3) is 5.89. The molecule has 0 unspecified atom stereocenters. The summed E-state index contributed by atoms with van der Waals surface area (Å²) in [6.45, 7) is 2.19. The molecular formula is C25H24ClN5O2S. The van der Waals surface area contributed by atoms with Gasteiger partial charge in [-0.25, -0.2) is 4.79 Å². The lowest BCUT2D eigenvalue weighted by Gasteiger charge is -2.14. The molecule has 0 aliphatic rings. The zero-order valence-corrected chi connectivity index (χ0v) is 20.4. The number of urea groups is 1. The van der Waals surface area contributed by atoms with Crippen molar-refractivity contribution in [1.82, 2.24) is 20.1 Å². The van der Waals surface area contributed by atoms with Gasteiger partial charge in [0.2, 0.25) is 0 Å². The molecule has 0 atom stereocenters. The number of benzene rings is 3. The highest BCUT2D eigenvalue weighted by Gasteiger charge is 2.17. The molecule has 7 nitrogen and oxygen atoms in total.